The molecule has 13 heavy (non-hydrogen) atoms. The second-order valence-electron chi connectivity index (χ2n) is 4.03. The van der Waals surface area contributed by atoms with E-state index in [-0.39, 0.29) is 0 Å². The van der Waals surface area contributed by atoms with Crippen molar-refractivity contribution < 1.29 is 0 Å². The van der Waals surface area contributed by atoms with Gasteiger partial charge < -0.3 is 0 Å². The van der Waals surface area contributed by atoms with E-state index in [0.29, 0.717) is 0 Å². The van der Waals surface area contributed by atoms with Crippen LogP contribution >= 0.6 is 0 Å². The predicted octanol–water partition coefficient (Wildman–Crippen LogP) is 4.81. The maximum absolute atomic E-state index is 2.43. The summed E-state index contributed by atoms with van der Waals surface area (Å²) in [5.41, 5.74) is 0. The second kappa shape index (κ2) is 8.34. The fourth-order valence-electron chi connectivity index (χ4n) is 1.62. The second-order valence-corrected chi connectivity index (χ2v) is 4.03. The summed E-state index contributed by atoms with van der Waals surface area (Å²) in [4.78, 5) is 0. The van der Waals surface area contributed by atoms with Crippen molar-refractivity contribution >= 4 is 0 Å². The summed E-state index contributed by atoms with van der Waals surface area (Å²) in [5, 5.41) is 0. The molecule has 0 spiro atoms. The topological polar surface area (TPSA) is 0 Å². The molecule has 0 heteroatoms. The molecule has 0 aliphatic carbocycles. The number of rotatable bonds is 7. The quantitative estimate of drug-likeness (QED) is 0.392. The van der Waals surface area contributed by atoms with E-state index >= 15 is 0 Å². The monoisotopic (exact) mass is 182 g/mol. The van der Waals surface area contributed by atoms with Crippen molar-refractivity contribution in [1.82, 2.24) is 0 Å². The minimum absolute atomic E-state index is 0.807. The standard InChI is InChI=1S/C13H26/c1-5-8-9-10-11-13(7-3)12(4)6-2/h10-13H,5-9H2,1-4H3/b11-10+. The molecule has 2 unspecified atom stereocenters. The van der Waals surface area contributed by atoms with E-state index in [4.69, 9.17) is 0 Å². The lowest BCUT2D eigenvalue weighted by Gasteiger charge is -2.17. The first-order chi connectivity index (χ1) is 6.26. The Morgan fingerprint density at radius 1 is 1.08 bits per heavy atom. The third kappa shape index (κ3) is 5.90. The van der Waals surface area contributed by atoms with E-state index in [9.17, 15) is 0 Å². The Morgan fingerprint density at radius 3 is 2.23 bits per heavy atom. The van der Waals surface area contributed by atoms with Gasteiger partial charge in [0, 0.05) is 0 Å². The van der Waals surface area contributed by atoms with Crippen molar-refractivity contribution in [2.45, 2.75) is 59.8 Å². The molecule has 2 atom stereocenters. The molecule has 78 valence electrons. The van der Waals surface area contributed by atoms with E-state index in [0.717, 1.165) is 11.8 Å². The molecule has 0 aliphatic heterocycles. The van der Waals surface area contributed by atoms with Crippen LogP contribution in [0.2, 0.25) is 0 Å². The normalized spacial score (nSPS) is 16.3. The lowest BCUT2D eigenvalue weighted by atomic mass is 9.89. The van der Waals surface area contributed by atoms with Crippen LogP contribution in [-0.2, 0) is 0 Å². The molecular formula is C13H26. The fourth-order valence-corrected chi connectivity index (χ4v) is 1.62. The maximum atomic E-state index is 2.43. The molecule has 0 bridgehead atoms. The highest BCUT2D eigenvalue weighted by Gasteiger charge is 2.08. The van der Waals surface area contributed by atoms with Gasteiger partial charge in [0.05, 0.1) is 0 Å². The van der Waals surface area contributed by atoms with Gasteiger partial charge in [-0.25, -0.2) is 0 Å². The molecule has 0 N–H and O–H groups in total. The Hall–Kier alpha value is -0.260. The Labute approximate surface area is 84.4 Å². The van der Waals surface area contributed by atoms with Gasteiger partial charge in [0.2, 0.25) is 0 Å². The van der Waals surface area contributed by atoms with Crippen LogP contribution < -0.4 is 0 Å². The maximum Gasteiger partial charge on any atom is -0.0210 e. The van der Waals surface area contributed by atoms with Crippen LogP contribution in [0.25, 0.3) is 0 Å². The SMILES string of the molecule is CCCC/C=C/C(CC)C(C)CC. The largest absolute Gasteiger partial charge is 0.0883 e. The summed E-state index contributed by atoms with van der Waals surface area (Å²) >= 11 is 0. The lowest BCUT2D eigenvalue weighted by molar-refractivity contribution is 0.405. The summed E-state index contributed by atoms with van der Waals surface area (Å²) in [5.74, 6) is 1.66. The molecule has 0 aromatic heterocycles. The average Bonchev–Trinajstić information content (AvgIpc) is 2.17. The zero-order chi connectivity index (χ0) is 10.1. The molecule has 0 aromatic carbocycles. The van der Waals surface area contributed by atoms with Crippen molar-refractivity contribution in [2.24, 2.45) is 11.8 Å². The lowest BCUT2D eigenvalue weighted by Crippen LogP contribution is -2.06. The minimum atomic E-state index is 0.807. The highest BCUT2D eigenvalue weighted by molar-refractivity contribution is 4.89. The first-order valence-electron chi connectivity index (χ1n) is 5.92. The molecule has 0 saturated carbocycles. The molecule has 0 heterocycles. The van der Waals surface area contributed by atoms with E-state index in [1.807, 2.05) is 0 Å². The van der Waals surface area contributed by atoms with Gasteiger partial charge in [-0.3, -0.25) is 0 Å². The molecule has 0 fully saturated rings. The molecule has 0 radical (unpaired) electrons. The molecule has 0 amide bonds. The zero-order valence-electron chi connectivity index (χ0n) is 9.84. The van der Waals surface area contributed by atoms with Gasteiger partial charge in [-0.05, 0) is 24.7 Å². The Balaban J connectivity index is 3.75. The van der Waals surface area contributed by atoms with Crippen LogP contribution in [0.15, 0.2) is 12.2 Å². The van der Waals surface area contributed by atoms with Crippen LogP contribution in [0.4, 0.5) is 0 Å². The van der Waals surface area contributed by atoms with E-state index < -0.39 is 0 Å². The highest BCUT2D eigenvalue weighted by Crippen LogP contribution is 2.20. The van der Waals surface area contributed by atoms with Gasteiger partial charge in [0.15, 0.2) is 0 Å². The third-order valence-corrected chi connectivity index (χ3v) is 2.95. The van der Waals surface area contributed by atoms with Crippen molar-refractivity contribution in [3.63, 3.8) is 0 Å². The fraction of sp³-hybridized carbons (Fsp3) is 0.846. The average molecular weight is 182 g/mol. The smallest absolute Gasteiger partial charge is 0.0210 e. The van der Waals surface area contributed by atoms with Gasteiger partial charge in [0.1, 0.15) is 0 Å². The highest BCUT2D eigenvalue weighted by atomic mass is 14.1. The Bertz CT molecular complexity index is 124. The van der Waals surface area contributed by atoms with Gasteiger partial charge in [-0.15, -0.1) is 0 Å². The summed E-state index contributed by atoms with van der Waals surface area (Å²) in [6, 6.07) is 0. The van der Waals surface area contributed by atoms with Crippen LogP contribution in [0, 0.1) is 11.8 Å². The zero-order valence-corrected chi connectivity index (χ0v) is 9.84. The first-order valence-corrected chi connectivity index (χ1v) is 5.92. The number of hydrogen-bond acceptors (Lipinski definition) is 0. The number of allylic oxidation sites excluding steroid dienone is 2. The summed E-state index contributed by atoms with van der Waals surface area (Å²) in [6.45, 7) is 9.19. The van der Waals surface area contributed by atoms with E-state index in [1.54, 1.807) is 0 Å². The minimum Gasteiger partial charge on any atom is -0.0883 e. The molecule has 0 rings (SSSR count). The first kappa shape index (κ1) is 12.7. The van der Waals surface area contributed by atoms with Gasteiger partial charge in [0.25, 0.3) is 0 Å². The van der Waals surface area contributed by atoms with Crippen molar-refractivity contribution in [3.05, 3.63) is 12.2 Å². The summed E-state index contributed by atoms with van der Waals surface area (Å²) in [7, 11) is 0. The Kier molecular flexibility index (Phi) is 8.18. The third-order valence-electron chi connectivity index (χ3n) is 2.95. The van der Waals surface area contributed by atoms with Crippen LogP contribution in [0.3, 0.4) is 0 Å². The van der Waals surface area contributed by atoms with Crippen molar-refractivity contribution in [3.8, 4) is 0 Å². The Morgan fingerprint density at radius 2 is 1.77 bits per heavy atom. The van der Waals surface area contributed by atoms with Crippen molar-refractivity contribution in [2.75, 3.05) is 0 Å². The molecule has 0 saturated heterocycles. The number of hydrogen-bond donors (Lipinski definition) is 0. The van der Waals surface area contributed by atoms with Gasteiger partial charge in [-0.2, -0.15) is 0 Å². The van der Waals surface area contributed by atoms with E-state index in [2.05, 4.69) is 39.8 Å². The summed E-state index contributed by atoms with van der Waals surface area (Å²) < 4.78 is 0. The van der Waals surface area contributed by atoms with Crippen LogP contribution in [0.5, 0.6) is 0 Å². The number of unbranched alkanes of at least 4 members (excludes halogenated alkanes) is 2. The van der Waals surface area contributed by atoms with Crippen molar-refractivity contribution in [1.29, 1.82) is 0 Å². The predicted molar refractivity (Wildman–Crippen MR) is 61.9 cm³/mol. The molecule has 0 aromatic rings. The van der Waals surface area contributed by atoms with Crippen LogP contribution in [-0.4, -0.2) is 0 Å². The van der Waals surface area contributed by atoms with E-state index in [1.165, 1.54) is 32.1 Å². The van der Waals surface area contributed by atoms with Gasteiger partial charge in [-0.1, -0.05) is 59.1 Å². The van der Waals surface area contributed by atoms with Gasteiger partial charge >= 0.3 is 0 Å². The molecular weight excluding hydrogens is 156 g/mol. The summed E-state index contributed by atoms with van der Waals surface area (Å²) in [6.07, 6.45) is 11.3. The molecule has 0 nitrogen and oxygen atoms in total. The molecule has 0 aliphatic rings. The van der Waals surface area contributed by atoms with Crippen LogP contribution in [0.1, 0.15) is 59.8 Å².